The van der Waals surface area contributed by atoms with E-state index in [1.807, 2.05) is 0 Å². The van der Waals surface area contributed by atoms with Crippen LogP contribution in [0.3, 0.4) is 0 Å². The van der Waals surface area contributed by atoms with Gasteiger partial charge in [0.25, 0.3) is 0 Å². The second kappa shape index (κ2) is 22.6. The van der Waals surface area contributed by atoms with Gasteiger partial charge in [0, 0.05) is 13.2 Å². The zero-order valence-electron chi connectivity index (χ0n) is 18.5. The van der Waals surface area contributed by atoms with Crippen LogP contribution < -0.4 is 0 Å². The van der Waals surface area contributed by atoms with E-state index in [0.29, 0.717) is 26.4 Å². The summed E-state index contributed by atoms with van der Waals surface area (Å²) in [6.45, 7) is 8.11. The summed E-state index contributed by atoms with van der Waals surface area (Å²) < 4.78 is 42.8. The molecule has 0 aliphatic heterocycles. The van der Waals surface area contributed by atoms with Gasteiger partial charge in [-0.15, -0.1) is 0 Å². The molecule has 0 aromatic heterocycles. The Bertz CT molecular complexity index is 340. The fraction of sp³-hybridized carbons (Fsp3) is 1.00. The predicted octanol–water partition coefficient (Wildman–Crippen LogP) is 4.35. The van der Waals surface area contributed by atoms with E-state index in [-0.39, 0.29) is 26.4 Å². The molecule has 0 atom stereocenters. The van der Waals surface area contributed by atoms with E-state index < -0.39 is 7.82 Å². The van der Waals surface area contributed by atoms with Gasteiger partial charge in [0.15, 0.2) is 0 Å². The van der Waals surface area contributed by atoms with Gasteiger partial charge in [-0.2, -0.15) is 0 Å². The first-order valence-corrected chi connectivity index (χ1v) is 12.5. The first-order chi connectivity index (χ1) is 14.1. The van der Waals surface area contributed by atoms with Gasteiger partial charge in [-0.3, -0.25) is 9.05 Å². The van der Waals surface area contributed by atoms with Gasteiger partial charge in [-0.25, -0.2) is 4.57 Å². The van der Waals surface area contributed by atoms with Gasteiger partial charge in [0.05, 0.1) is 52.9 Å². The molecule has 0 aromatic rings. The lowest BCUT2D eigenvalue weighted by molar-refractivity contribution is 0.0194. The molecule has 0 bridgehead atoms. The first kappa shape index (κ1) is 28.9. The lowest BCUT2D eigenvalue weighted by atomic mass is 10.2. The highest BCUT2D eigenvalue weighted by molar-refractivity contribution is 7.47. The minimum Gasteiger partial charge on any atom is -0.379 e. The highest BCUT2D eigenvalue weighted by Crippen LogP contribution is 2.42. The van der Waals surface area contributed by atoms with Crippen molar-refractivity contribution in [1.29, 1.82) is 0 Å². The minimum atomic E-state index is -4.07. The van der Waals surface area contributed by atoms with Crippen molar-refractivity contribution >= 4 is 7.82 Å². The van der Waals surface area contributed by atoms with E-state index in [0.717, 1.165) is 26.1 Å². The summed E-state index contributed by atoms with van der Waals surface area (Å²) in [6.07, 6.45) is 9.41. The first-order valence-electron chi connectivity index (χ1n) is 11.0. The second-order valence-electron chi connectivity index (χ2n) is 6.71. The normalized spacial score (nSPS) is 12.0. The van der Waals surface area contributed by atoms with Crippen LogP contribution in [-0.2, 0) is 32.6 Å². The molecule has 0 radical (unpaired) electrons. The topological polar surface area (TPSA) is 92.7 Å². The van der Waals surface area contributed by atoms with Crippen molar-refractivity contribution in [2.45, 2.75) is 65.2 Å². The van der Waals surface area contributed by atoms with E-state index >= 15 is 0 Å². The summed E-state index contributed by atoms with van der Waals surface area (Å²) in [5, 5.41) is 0. The Kier molecular flexibility index (Phi) is 22.6. The highest BCUT2D eigenvalue weighted by atomic mass is 31.2. The van der Waals surface area contributed by atoms with Crippen molar-refractivity contribution in [2.24, 2.45) is 0 Å². The monoisotopic (exact) mass is 442 g/mol. The molecule has 0 unspecified atom stereocenters. The molecular formula is C20H43O8P. The molecule has 29 heavy (non-hydrogen) atoms. The Morgan fingerprint density at radius 2 is 0.862 bits per heavy atom. The molecule has 0 aromatic carbocycles. The van der Waals surface area contributed by atoms with Crippen LogP contribution in [0.25, 0.3) is 0 Å². The summed E-state index contributed by atoms with van der Waals surface area (Å²) in [5.41, 5.74) is 0. The fourth-order valence-corrected chi connectivity index (χ4v) is 3.05. The standard InChI is InChI=1S/C20H43O8P/c1-3-5-7-9-11-23-13-15-25-17-19-27-29(21,22)28-20-18-26-16-14-24-12-10-8-6-4-2/h3-20H2,1-2H3,(H,21,22). The second-order valence-corrected chi connectivity index (χ2v) is 8.16. The van der Waals surface area contributed by atoms with Crippen LogP contribution in [-0.4, -0.2) is 71.0 Å². The Hall–Kier alpha value is -0.0500. The maximum atomic E-state index is 11.7. The highest BCUT2D eigenvalue weighted by Gasteiger charge is 2.20. The van der Waals surface area contributed by atoms with Crippen molar-refractivity contribution in [1.82, 2.24) is 0 Å². The van der Waals surface area contributed by atoms with Crippen LogP contribution in [0.15, 0.2) is 0 Å². The van der Waals surface area contributed by atoms with Gasteiger partial charge in [-0.1, -0.05) is 52.4 Å². The van der Waals surface area contributed by atoms with Crippen molar-refractivity contribution in [3.63, 3.8) is 0 Å². The molecule has 0 spiro atoms. The average Bonchev–Trinajstić information content (AvgIpc) is 2.70. The van der Waals surface area contributed by atoms with Gasteiger partial charge in [-0.05, 0) is 12.8 Å². The Balaban J connectivity index is 3.31. The number of hydrogen-bond acceptors (Lipinski definition) is 7. The van der Waals surface area contributed by atoms with Crippen LogP contribution in [0.5, 0.6) is 0 Å². The minimum absolute atomic E-state index is 0.0169. The molecule has 1 N–H and O–H groups in total. The Morgan fingerprint density at radius 3 is 1.24 bits per heavy atom. The molecule has 0 rings (SSSR count). The predicted molar refractivity (Wildman–Crippen MR) is 113 cm³/mol. The van der Waals surface area contributed by atoms with E-state index in [9.17, 15) is 9.46 Å². The fourth-order valence-electron chi connectivity index (χ4n) is 2.37. The lowest BCUT2D eigenvalue weighted by Gasteiger charge is -2.12. The van der Waals surface area contributed by atoms with Crippen LogP contribution in [0.1, 0.15) is 65.2 Å². The third kappa shape index (κ3) is 24.1. The maximum Gasteiger partial charge on any atom is 0.472 e. The Labute approximate surface area is 177 Å². The molecule has 0 aliphatic carbocycles. The van der Waals surface area contributed by atoms with Crippen LogP contribution in [0, 0.1) is 0 Å². The third-order valence-corrected chi connectivity index (χ3v) is 5.01. The zero-order valence-corrected chi connectivity index (χ0v) is 19.4. The number of ether oxygens (including phenoxy) is 4. The van der Waals surface area contributed by atoms with Crippen LogP contribution in [0.4, 0.5) is 0 Å². The van der Waals surface area contributed by atoms with Crippen molar-refractivity contribution < 1.29 is 37.5 Å². The summed E-state index contributed by atoms with van der Waals surface area (Å²) in [7, 11) is -4.07. The molecule has 0 amide bonds. The van der Waals surface area contributed by atoms with Gasteiger partial charge >= 0.3 is 7.82 Å². The molecule has 0 heterocycles. The van der Waals surface area contributed by atoms with Crippen molar-refractivity contribution in [2.75, 3.05) is 66.1 Å². The molecular weight excluding hydrogens is 399 g/mol. The van der Waals surface area contributed by atoms with Crippen molar-refractivity contribution in [3.05, 3.63) is 0 Å². The summed E-state index contributed by atoms with van der Waals surface area (Å²) in [5.74, 6) is 0. The van der Waals surface area contributed by atoms with Crippen molar-refractivity contribution in [3.8, 4) is 0 Å². The van der Waals surface area contributed by atoms with E-state index in [1.165, 1.54) is 38.5 Å². The van der Waals surface area contributed by atoms with E-state index in [1.54, 1.807) is 0 Å². The number of phosphoric acid groups is 1. The summed E-state index contributed by atoms with van der Waals surface area (Å²) >= 11 is 0. The van der Waals surface area contributed by atoms with E-state index in [2.05, 4.69) is 13.8 Å². The molecule has 0 saturated carbocycles. The summed E-state index contributed by atoms with van der Waals surface area (Å²) in [6, 6.07) is 0. The number of unbranched alkanes of at least 4 members (excludes halogenated alkanes) is 6. The van der Waals surface area contributed by atoms with Crippen LogP contribution >= 0.6 is 7.82 Å². The van der Waals surface area contributed by atoms with Gasteiger partial charge < -0.3 is 23.8 Å². The van der Waals surface area contributed by atoms with E-state index in [4.69, 9.17) is 28.0 Å². The maximum absolute atomic E-state index is 11.7. The summed E-state index contributed by atoms with van der Waals surface area (Å²) in [4.78, 5) is 9.55. The Morgan fingerprint density at radius 1 is 0.517 bits per heavy atom. The molecule has 176 valence electrons. The number of phosphoric ester groups is 1. The quantitative estimate of drug-likeness (QED) is 0.174. The largest absolute Gasteiger partial charge is 0.472 e. The molecule has 0 aliphatic rings. The lowest BCUT2D eigenvalue weighted by Crippen LogP contribution is -2.11. The SMILES string of the molecule is CCCCCCOCCOCCOP(=O)(O)OCCOCCOCCCCCC. The molecule has 0 saturated heterocycles. The molecule has 9 heteroatoms. The zero-order chi connectivity index (χ0) is 21.5. The van der Waals surface area contributed by atoms with Gasteiger partial charge in [0.2, 0.25) is 0 Å². The van der Waals surface area contributed by atoms with Gasteiger partial charge in [0.1, 0.15) is 0 Å². The number of rotatable bonds is 24. The van der Waals surface area contributed by atoms with Crippen LogP contribution in [0.2, 0.25) is 0 Å². The average molecular weight is 443 g/mol. The third-order valence-electron chi connectivity index (χ3n) is 3.99. The molecule has 0 fully saturated rings. The molecule has 8 nitrogen and oxygen atoms in total. The smallest absolute Gasteiger partial charge is 0.379 e. The number of hydrogen-bond donors (Lipinski definition) is 1.